The number of unbranched alkanes of at least 4 members (excludes halogenated alkanes) is 1. The van der Waals surface area contributed by atoms with Gasteiger partial charge in [-0.1, -0.05) is 20.3 Å². The summed E-state index contributed by atoms with van der Waals surface area (Å²) in [6.45, 7) is 4.09. The van der Waals surface area contributed by atoms with E-state index in [2.05, 4.69) is 28.6 Å². The summed E-state index contributed by atoms with van der Waals surface area (Å²) in [4.78, 5) is 60.3. The first-order chi connectivity index (χ1) is 15.4. The van der Waals surface area contributed by atoms with E-state index < -0.39 is 53.8 Å². The molecule has 0 saturated carbocycles. The first kappa shape index (κ1) is 30.6. The number of primary amides is 1. The standard InChI is InChI=1S/C20H38N6O6S/c1-11(2)9-14(20(31)32)25-19(30)15(10-33)26-18(29)13(6-7-16(23)27)24-17(28)12(22)5-3-4-8-21/h11-15,33H,3-10,21-22H2,1-2H3,(H2,23,27)(H,24,28)(H,25,30)(H,26,29)(H,31,32). The third-order valence-electron chi connectivity index (χ3n) is 4.76. The topological polar surface area (TPSA) is 220 Å². The maximum Gasteiger partial charge on any atom is 0.326 e. The van der Waals surface area contributed by atoms with Crippen molar-refractivity contribution in [3.63, 3.8) is 0 Å². The van der Waals surface area contributed by atoms with Crippen LogP contribution in [0.4, 0.5) is 0 Å². The zero-order chi connectivity index (χ0) is 25.6. The van der Waals surface area contributed by atoms with Crippen LogP contribution in [0.3, 0.4) is 0 Å². The molecule has 0 aliphatic carbocycles. The predicted molar refractivity (Wildman–Crippen MR) is 126 cm³/mol. The van der Waals surface area contributed by atoms with Gasteiger partial charge in [-0.3, -0.25) is 19.2 Å². The van der Waals surface area contributed by atoms with Crippen molar-refractivity contribution in [2.24, 2.45) is 23.1 Å². The normalized spacial score (nSPS) is 14.6. The summed E-state index contributed by atoms with van der Waals surface area (Å²) in [6, 6.07) is -4.35. The lowest BCUT2D eigenvalue weighted by molar-refractivity contribution is -0.142. The van der Waals surface area contributed by atoms with Gasteiger partial charge in [0.05, 0.1) is 6.04 Å². The zero-order valence-electron chi connectivity index (χ0n) is 19.2. The van der Waals surface area contributed by atoms with Crippen molar-refractivity contribution in [1.82, 2.24) is 16.0 Å². The summed E-state index contributed by atoms with van der Waals surface area (Å²) in [5.74, 6) is -4.05. The Morgan fingerprint density at radius 2 is 1.42 bits per heavy atom. The van der Waals surface area contributed by atoms with E-state index >= 15 is 0 Å². The number of amides is 4. The molecule has 0 aromatic rings. The number of nitrogens with one attached hydrogen (secondary N) is 3. The van der Waals surface area contributed by atoms with Crippen molar-refractivity contribution in [1.29, 1.82) is 0 Å². The average Bonchev–Trinajstić information content (AvgIpc) is 2.73. The van der Waals surface area contributed by atoms with Gasteiger partial charge in [-0.05, 0) is 38.1 Å². The van der Waals surface area contributed by atoms with E-state index in [1.165, 1.54) is 0 Å². The molecule has 0 rings (SSSR count). The number of carbonyl (C=O) groups excluding carboxylic acids is 4. The first-order valence-corrected chi connectivity index (χ1v) is 11.5. The third-order valence-corrected chi connectivity index (χ3v) is 5.12. The van der Waals surface area contributed by atoms with E-state index in [0.717, 1.165) is 0 Å². The zero-order valence-corrected chi connectivity index (χ0v) is 20.1. The van der Waals surface area contributed by atoms with Crippen LogP contribution < -0.4 is 33.2 Å². The van der Waals surface area contributed by atoms with Crippen LogP contribution in [0.15, 0.2) is 0 Å². The summed E-state index contributed by atoms with van der Waals surface area (Å²) in [7, 11) is 0. The van der Waals surface area contributed by atoms with Crippen molar-refractivity contribution in [3.05, 3.63) is 0 Å². The number of carbonyl (C=O) groups is 5. The highest BCUT2D eigenvalue weighted by molar-refractivity contribution is 7.80. The van der Waals surface area contributed by atoms with Gasteiger partial charge in [0, 0.05) is 12.2 Å². The third kappa shape index (κ3) is 13.0. The molecule has 4 unspecified atom stereocenters. The highest BCUT2D eigenvalue weighted by atomic mass is 32.1. The second kappa shape index (κ2) is 16.3. The second-order valence-electron chi connectivity index (χ2n) is 8.23. The van der Waals surface area contributed by atoms with Gasteiger partial charge in [-0.25, -0.2) is 4.79 Å². The number of rotatable bonds is 17. The smallest absolute Gasteiger partial charge is 0.326 e. The quantitative estimate of drug-likeness (QED) is 0.0858. The number of aliphatic carboxylic acids is 1. The maximum atomic E-state index is 12.8. The summed E-state index contributed by atoms with van der Waals surface area (Å²) >= 11 is 4.06. The molecule has 0 saturated heterocycles. The molecule has 0 aliphatic heterocycles. The molecule has 0 spiro atoms. The second-order valence-corrected chi connectivity index (χ2v) is 8.59. The van der Waals surface area contributed by atoms with Gasteiger partial charge in [-0.15, -0.1) is 0 Å². The Bertz CT molecular complexity index is 677. The molecule has 4 atom stereocenters. The lowest BCUT2D eigenvalue weighted by Gasteiger charge is -2.24. The van der Waals surface area contributed by atoms with E-state index in [-0.39, 0.29) is 30.9 Å². The maximum absolute atomic E-state index is 12.8. The van der Waals surface area contributed by atoms with E-state index in [1.54, 1.807) is 0 Å². The minimum absolute atomic E-state index is 0.0119. The Morgan fingerprint density at radius 3 is 1.91 bits per heavy atom. The van der Waals surface area contributed by atoms with Gasteiger partial charge < -0.3 is 38.3 Å². The molecule has 0 aromatic heterocycles. The molecule has 190 valence electrons. The molecule has 0 heterocycles. The summed E-state index contributed by atoms with van der Waals surface area (Å²) in [5.41, 5.74) is 16.4. The SMILES string of the molecule is CC(C)CC(NC(=O)C(CS)NC(=O)C(CCC(N)=O)NC(=O)C(N)CCCCN)C(=O)O. The Labute approximate surface area is 199 Å². The molecule has 12 nitrogen and oxygen atoms in total. The fourth-order valence-corrected chi connectivity index (χ4v) is 3.16. The van der Waals surface area contributed by atoms with Crippen molar-refractivity contribution in [2.45, 2.75) is 76.5 Å². The van der Waals surface area contributed by atoms with Crippen LogP contribution in [-0.2, 0) is 24.0 Å². The monoisotopic (exact) mass is 490 g/mol. The predicted octanol–water partition coefficient (Wildman–Crippen LogP) is -1.78. The average molecular weight is 491 g/mol. The number of thiol groups is 1. The number of hydrogen-bond donors (Lipinski definition) is 8. The van der Waals surface area contributed by atoms with Crippen molar-refractivity contribution < 1.29 is 29.1 Å². The van der Waals surface area contributed by atoms with Crippen LogP contribution in [0.25, 0.3) is 0 Å². The molecule has 0 fully saturated rings. The van der Waals surface area contributed by atoms with Crippen LogP contribution in [0.5, 0.6) is 0 Å². The van der Waals surface area contributed by atoms with Crippen molar-refractivity contribution in [2.75, 3.05) is 12.3 Å². The molecule has 0 aromatic carbocycles. The Hall–Kier alpha value is -2.38. The molecule has 0 radical (unpaired) electrons. The molecule has 13 heteroatoms. The number of carboxylic acids is 1. The van der Waals surface area contributed by atoms with Crippen LogP contribution in [0.2, 0.25) is 0 Å². The highest BCUT2D eigenvalue weighted by Gasteiger charge is 2.30. The molecule has 10 N–H and O–H groups in total. The Balaban J connectivity index is 5.24. The van der Waals surface area contributed by atoms with Gasteiger partial charge in [0.2, 0.25) is 23.6 Å². The van der Waals surface area contributed by atoms with E-state index in [0.29, 0.717) is 25.8 Å². The first-order valence-electron chi connectivity index (χ1n) is 10.9. The lowest BCUT2D eigenvalue weighted by atomic mass is 10.0. The fraction of sp³-hybridized carbons (Fsp3) is 0.750. The minimum Gasteiger partial charge on any atom is -0.480 e. The Morgan fingerprint density at radius 1 is 0.879 bits per heavy atom. The van der Waals surface area contributed by atoms with Crippen molar-refractivity contribution in [3.8, 4) is 0 Å². The highest BCUT2D eigenvalue weighted by Crippen LogP contribution is 2.07. The Kier molecular flexibility index (Phi) is 15.1. The van der Waals surface area contributed by atoms with Crippen LogP contribution >= 0.6 is 12.6 Å². The van der Waals surface area contributed by atoms with Gasteiger partial charge in [0.1, 0.15) is 18.1 Å². The van der Waals surface area contributed by atoms with Gasteiger partial charge >= 0.3 is 5.97 Å². The van der Waals surface area contributed by atoms with Gasteiger partial charge in [0.25, 0.3) is 0 Å². The van der Waals surface area contributed by atoms with Crippen LogP contribution in [-0.4, -0.2) is 71.2 Å². The van der Waals surface area contributed by atoms with Crippen molar-refractivity contribution >= 4 is 42.2 Å². The molecule has 0 bridgehead atoms. The molecule has 0 aliphatic rings. The van der Waals surface area contributed by atoms with Gasteiger partial charge in [-0.2, -0.15) is 12.6 Å². The van der Waals surface area contributed by atoms with E-state index in [4.69, 9.17) is 17.2 Å². The molecular weight excluding hydrogens is 452 g/mol. The summed E-state index contributed by atoms with van der Waals surface area (Å²) in [6.07, 6.45) is 1.60. The molecule has 4 amide bonds. The number of hydrogen-bond acceptors (Lipinski definition) is 8. The van der Waals surface area contributed by atoms with E-state index in [1.807, 2.05) is 13.8 Å². The van der Waals surface area contributed by atoms with Gasteiger partial charge in [0.15, 0.2) is 0 Å². The summed E-state index contributed by atoms with van der Waals surface area (Å²) < 4.78 is 0. The summed E-state index contributed by atoms with van der Waals surface area (Å²) in [5, 5.41) is 16.6. The molecule has 33 heavy (non-hydrogen) atoms. The van der Waals surface area contributed by atoms with Crippen LogP contribution in [0.1, 0.15) is 52.4 Å². The number of carboxylic acid groups (broad SMARTS) is 1. The number of nitrogens with two attached hydrogens (primary N) is 3. The minimum atomic E-state index is -1.20. The van der Waals surface area contributed by atoms with Crippen LogP contribution in [0, 0.1) is 5.92 Å². The fourth-order valence-electron chi connectivity index (χ4n) is 2.91. The largest absolute Gasteiger partial charge is 0.480 e. The lowest BCUT2D eigenvalue weighted by Crippen LogP contribution is -2.57. The molecular formula is C20H38N6O6S. The van der Waals surface area contributed by atoms with E-state index in [9.17, 15) is 29.1 Å².